The minimum Gasteiger partial charge on any atom is -0.447 e. The number of hydrogen-bond acceptors (Lipinski definition) is 5. The van der Waals surface area contributed by atoms with Crippen LogP contribution >= 0.6 is 0 Å². The van der Waals surface area contributed by atoms with Gasteiger partial charge >= 0.3 is 6.09 Å². The largest absolute Gasteiger partial charge is 0.447 e. The molecule has 3 aromatic rings. The lowest BCUT2D eigenvalue weighted by molar-refractivity contribution is 0.112. The van der Waals surface area contributed by atoms with Gasteiger partial charge in [-0.1, -0.05) is 0 Å². The highest BCUT2D eigenvalue weighted by Crippen LogP contribution is 2.20. The first-order valence-electron chi connectivity index (χ1n) is 7.42. The van der Waals surface area contributed by atoms with Crippen LogP contribution in [0.3, 0.4) is 0 Å². The van der Waals surface area contributed by atoms with E-state index in [-0.39, 0.29) is 6.10 Å². The molecule has 1 amide bonds. The molecular weight excluding hydrogens is 308 g/mol. The van der Waals surface area contributed by atoms with Gasteiger partial charge in [0.2, 0.25) is 0 Å². The summed E-state index contributed by atoms with van der Waals surface area (Å²) in [6.45, 7) is 3.55. The Morgan fingerprint density at radius 3 is 2.88 bits per heavy atom. The minimum absolute atomic E-state index is 0.203. The van der Waals surface area contributed by atoms with E-state index in [1.165, 1.54) is 12.4 Å². The number of ether oxygens (including phenoxy) is 1. The van der Waals surface area contributed by atoms with E-state index in [0.717, 1.165) is 17.4 Å². The van der Waals surface area contributed by atoms with Gasteiger partial charge < -0.3 is 4.74 Å². The molecule has 0 aliphatic rings. The molecule has 0 saturated heterocycles. The van der Waals surface area contributed by atoms with Gasteiger partial charge in [0.15, 0.2) is 6.29 Å². The van der Waals surface area contributed by atoms with Crippen molar-refractivity contribution in [3.05, 3.63) is 48.5 Å². The van der Waals surface area contributed by atoms with Gasteiger partial charge in [0, 0.05) is 23.3 Å². The summed E-state index contributed by atoms with van der Waals surface area (Å²) in [5.74, 6) is 0. The third-order valence-corrected chi connectivity index (χ3v) is 3.27. The molecule has 122 valence electrons. The van der Waals surface area contributed by atoms with Crippen LogP contribution in [-0.4, -0.2) is 33.0 Å². The Balaban J connectivity index is 1.91. The van der Waals surface area contributed by atoms with Crippen molar-refractivity contribution >= 4 is 29.1 Å². The van der Waals surface area contributed by atoms with E-state index in [0.29, 0.717) is 16.9 Å². The molecule has 0 unspecified atom stereocenters. The summed E-state index contributed by atoms with van der Waals surface area (Å²) >= 11 is 0. The number of anilines is 1. The molecule has 24 heavy (non-hydrogen) atoms. The Morgan fingerprint density at radius 1 is 1.29 bits per heavy atom. The van der Waals surface area contributed by atoms with Gasteiger partial charge in [-0.3, -0.25) is 19.7 Å². The number of amides is 1. The second-order valence-corrected chi connectivity index (χ2v) is 5.50. The lowest BCUT2D eigenvalue weighted by Crippen LogP contribution is -2.18. The summed E-state index contributed by atoms with van der Waals surface area (Å²) < 4.78 is 6.88. The Kier molecular flexibility index (Phi) is 4.24. The molecule has 7 nitrogen and oxygen atoms in total. The molecular formula is C17H16N4O3. The summed E-state index contributed by atoms with van der Waals surface area (Å²) in [6.07, 6.45) is 6.57. The molecule has 0 aliphatic carbocycles. The average Bonchev–Trinajstić information content (AvgIpc) is 2.97. The quantitative estimate of drug-likeness (QED) is 0.745. The van der Waals surface area contributed by atoms with E-state index in [4.69, 9.17) is 4.74 Å². The van der Waals surface area contributed by atoms with Crippen molar-refractivity contribution in [3.8, 4) is 5.69 Å². The van der Waals surface area contributed by atoms with Crippen LogP contribution in [0.1, 0.15) is 24.2 Å². The van der Waals surface area contributed by atoms with E-state index in [9.17, 15) is 9.59 Å². The number of carbonyl (C=O) groups is 2. The highest BCUT2D eigenvalue weighted by molar-refractivity contribution is 5.86. The van der Waals surface area contributed by atoms with Crippen LogP contribution in [0.25, 0.3) is 16.7 Å². The van der Waals surface area contributed by atoms with E-state index in [1.807, 2.05) is 16.8 Å². The maximum absolute atomic E-state index is 11.7. The number of pyridine rings is 2. The molecule has 0 aromatic carbocycles. The monoisotopic (exact) mass is 324 g/mol. The summed E-state index contributed by atoms with van der Waals surface area (Å²) in [5, 5.41) is 3.48. The van der Waals surface area contributed by atoms with Gasteiger partial charge in [0.25, 0.3) is 0 Å². The van der Waals surface area contributed by atoms with Crippen LogP contribution in [0, 0.1) is 0 Å². The van der Waals surface area contributed by atoms with Gasteiger partial charge in [-0.15, -0.1) is 0 Å². The van der Waals surface area contributed by atoms with Crippen molar-refractivity contribution in [2.45, 2.75) is 20.0 Å². The Labute approximate surface area is 138 Å². The maximum Gasteiger partial charge on any atom is 0.411 e. The Bertz CT molecular complexity index is 902. The smallest absolute Gasteiger partial charge is 0.411 e. The molecule has 3 heterocycles. The Hall–Kier alpha value is -3.22. The highest BCUT2D eigenvalue weighted by atomic mass is 16.6. The number of rotatable bonds is 4. The van der Waals surface area contributed by atoms with Crippen molar-refractivity contribution < 1.29 is 14.3 Å². The van der Waals surface area contributed by atoms with E-state index >= 15 is 0 Å². The van der Waals surface area contributed by atoms with E-state index < -0.39 is 6.09 Å². The number of fused-ring (bicyclic) bond motifs is 1. The van der Waals surface area contributed by atoms with Crippen LogP contribution in [0.4, 0.5) is 10.5 Å². The summed E-state index contributed by atoms with van der Waals surface area (Å²) in [4.78, 5) is 31.0. The predicted octanol–water partition coefficient (Wildman–Crippen LogP) is 3.19. The molecule has 3 aromatic heterocycles. The highest BCUT2D eigenvalue weighted by Gasteiger charge is 2.09. The molecule has 0 bridgehead atoms. The van der Waals surface area contributed by atoms with Gasteiger partial charge in [0.1, 0.15) is 5.65 Å². The van der Waals surface area contributed by atoms with Crippen molar-refractivity contribution in [2.75, 3.05) is 5.32 Å². The molecule has 7 heteroatoms. The second-order valence-electron chi connectivity index (χ2n) is 5.50. The number of nitrogens with one attached hydrogen (secondary N) is 1. The summed E-state index contributed by atoms with van der Waals surface area (Å²) in [5.41, 5.74) is 2.47. The average molecular weight is 324 g/mol. The SMILES string of the molecule is CC(C)OC(=O)Nc1cncc(-n2ccc3cc(C=O)cnc32)c1. The minimum atomic E-state index is -0.532. The summed E-state index contributed by atoms with van der Waals surface area (Å²) in [7, 11) is 0. The zero-order chi connectivity index (χ0) is 17.1. The molecule has 0 aliphatic heterocycles. The first-order chi connectivity index (χ1) is 11.6. The van der Waals surface area contributed by atoms with Crippen LogP contribution in [0.15, 0.2) is 43.0 Å². The third-order valence-electron chi connectivity index (χ3n) is 3.27. The number of nitrogens with zero attached hydrogens (tertiary/aromatic N) is 3. The van der Waals surface area contributed by atoms with Crippen molar-refractivity contribution in [1.29, 1.82) is 0 Å². The van der Waals surface area contributed by atoms with Crippen molar-refractivity contribution in [1.82, 2.24) is 14.5 Å². The zero-order valence-corrected chi connectivity index (χ0v) is 13.3. The standard InChI is InChI=1S/C17H16N4O3/c1-11(2)24-17(23)20-14-6-15(9-18-8-14)21-4-3-13-5-12(10-22)7-19-16(13)21/h3-11H,1-2H3,(H,20,23). The normalized spacial score (nSPS) is 10.8. The molecule has 0 radical (unpaired) electrons. The third kappa shape index (κ3) is 3.24. The van der Waals surface area contributed by atoms with Crippen LogP contribution < -0.4 is 5.32 Å². The number of aromatic nitrogens is 3. The van der Waals surface area contributed by atoms with E-state index in [1.54, 1.807) is 32.2 Å². The Morgan fingerprint density at radius 2 is 2.12 bits per heavy atom. The predicted molar refractivity (Wildman–Crippen MR) is 89.5 cm³/mol. The molecule has 0 spiro atoms. The number of carbonyl (C=O) groups excluding carboxylic acids is 2. The molecule has 0 fully saturated rings. The number of aldehydes is 1. The fourth-order valence-electron chi connectivity index (χ4n) is 2.30. The lowest BCUT2D eigenvalue weighted by Gasteiger charge is -2.10. The zero-order valence-electron chi connectivity index (χ0n) is 13.3. The topological polar surface area (TPSA) is 86.1 Å². The van der Waals surface area contributed by atoms with Gasteiger partial charge in [-0.25, -0.2) is 9.78 Å². The second kappa shape index (κ2) is 6.49. The van der Waals surface area contributed by atoms with E-state index in [2.05, 4.69) is 15.3 Å². The van der Waals surface area contributed by atoms with Crippen LogP contribution in [0.5, 0.6) is 0 Å². The lowest BCUT2D eigenvalue weighted by atomic mass is 10.2. The van der Waals surface area contributed by atoms with Crippen molar-refractivity contribution in [2.24, 2.45) is 0 Å². The van der Waals surface area contributed by atoms with Crippen LogP contribution in [0.2, 0.25) is 0 Å². The fourth-order valence-corrected chi connectivity index (χ4v) is 2.30. The van der Waals surface area contributed by atoms with Gasteiger partial charge in [-0.2, -0.15) is 0 Å². The van der Waals surface area contributed by atoms with Crippen LogP contribution in [-0.2, 0) is 4.74 Å². The fraction of sp³-hybridized carbons (Fsp3) is 0.176. The molecule has 0 saturated carbocycles. The number of hydrogen-bond donors (Lipinski definition) is 1. The molecule has 0 atom stereocenters. The first kappa shape index (κ1) is 15.7. The van der Waals surface area contributed by atoms with Gasteiger partial charge in [0.05, 0.1) is 29.9 Å². The maximum atomic E-state index is 11.7. The molecule has 1 N–H and O–H groups in total. The first-order valence-corrected chi connectivity index (χ1v) is 7.42. The summed E-state index contributed by atoms with van der Waals surface area (Å²) in [6, 6.07) is 5.40. The van der Waals surface area contributed by atoms with Gasteiger partial charge in [-0.05, 0) is 32.0 Å². The molecule has 3 rings (SSSR count). The van der Waals surface area contributed by atoms with Crippen molar-refractivity contribution in [3.63, 3.8) is 0 Å².